The molecule has 146 valence electrons. The Hall–Kier alpha value is -3.67. The quantitative estimate of drug-likeness (QED) is 0.680. The average molecular weight is 389 g/mol. The highest BCUT2D eigenvalue weighted by molar-refractivity contribution is 5.79. The molecule has 6 heteroatoms. The Labute approximate surface area is 168 Å². The van der Waals surface area contributed by atoms with Gasteiger partial charge in [0, 0.05) is 18.0 Å². The molecule has 5 nitrogen and oxygen atoms in total. The van der Waals surface area contributed by atoms with Crippen LogP contribution in [-0.2, 0) is 4.74 Å². The van der Waals surface area contributed by atoms with Crippen molar-refractivity contribution in [1.29, 1.82) is 0 Å². The maximum absolute atomic E-state index is 13.2. The van der Waals surface area contributed by atoms with Gasteiger partial charge in [-0.3, -0.25) is 0 Å². The normalized spacial score (nSPS) is 12.6. The molecule has 3 N–H and O–H groups in total. The third-order valence-corrected chi connectivity index (χ3v) is 4.92. The number of halogens is 1. The average Bonchev–Trinajstić information content (AvgIpc) is 3.06. The van der Waals surface area contributed by atoms with Crippen LogP contribution >= 0.6 is 0 Å². The number of fused-ring (bicyclic) bond motifs is 3. The Morgan fingerprint density at radius 1 is 1.14 bits per heavy atom. The van der Waals surface area contributed by atoms with Crippen LogP contribution in [-0.4, -0.2) is 24.2 Å². The maximum atomic E-state index is 13.2. The molecule has 2 aromatic carbocycles. The maximum Gasteiger partial charge on any atom is 0.407 e. The van der Waals surface area contributed by atoms with E-state index in [1.54, 1.807) is 12.2 Å². The zero-order valence-corrected chi connectivity index (χ0v) is 15.6. The molecular weight excluding hydrogens is 369 g/mol. The number of rotatable bonds is 5. The van der Waals surface area contributed by atoms with Crippen molar-refractivity contribution in [2.75, 3.05) is 18.9 Å². The van der Waals surface area contributed by atoms with Crippen molar-refractivity contribution < 1.29 is 13.9 Å². The zero-order chi connectivity index (χ0) is 20.2. The number of hydrogen-bond acceptors (Lipinski definition) is 4. The summed E-state index contributed by atoms with van der Waals surface area (Å²) in [6.07, 6.45) is 3.81. The molecule has 0 saturated heterocycles. The van der Waals surface area contributed by atoms with Crippen LogP contribution in [0.15, 0.2) is 66.9 Å². The molecule has 1 amide bonds. The van der Waals surface area contributed by atoms with Crippen molar-refractivity contribution >= 4 is 18.0 Å². The van der Waals surface area contributed by atoms with Crippen LogP contribution < -0.4 is 11.1 Å². The van der Waals surface area contributed by atoms with E-state index in [4.69, 9.17) is 10.5 Å². The van der Waals surface area contributed by atoms with Gasteiger partial charge in [-0.25, -0.2) is 14.2 Å². The van der Waals surface area contributed by atoms with Gasteiger partial charge in [-0.15, -0.1) is 0 Å². The first-order valence-electron chi connectivity index (χ1n) is 9.30. The number of alkyl carbamates (subject to hydrolysis) is 1. The second-order valence-corrected chi connectivity index (χ2v) is 6.74. The summed E-state index contributed by atoms with van der Waals surface area (Å²) in [7, 11) is 0. The summed E-state index contributed by atoms with van der Waals surface area (Å²) in [6.45, 7) is 0.483. The smallest absolute Gasteiger partial charge is 0.407 e. The van der Waals surface area contributed by atoms with Crippen LogP contribution in [0.2, 0.25) is 0 Å². The molecule has 0 atom stereocenters. The van der Waals surface area contributed by atoms with Gasteiger partial charge in [0.05, 0.1) is 6.20 Å². The number of aromatic nitrogens is 1. The van der Waals surface area contributed by atoms with Gasteiger partial charge in [0.2, 0.25) is 0 Å². The predicted octanol–water partition coefficient (Wildman–Crippen LogP) is 4.35. The number of nitrogen functional groups attached to an aromatic ring is 1. The van der Waals surface area contributed by atoms with E-state index in [2.05, 4.69) is 34.6 Å². The molecule has 29 heavy (non-hydrogen) atoms. The van der Waals surface area contributed by atoms with Crippen LogP contribution in [0.25, 0.3) is 17.2 Å². The molecule has 1 aliphatic carbocycles. The summed E-state index contributed by atoms with van der Waals surface area (Å²) in [5, 5.41) is 2.66. The van der Waals surface area contributed by atoms with Gasteiger partial charge >= 0.3 is 6.09 Å². The molecule has 0 unspecified atom stereocenters. The van der Waals surface area contributed by atoms with E-state index in [1.807, 2.05) is 24.3 Å². The highest BCUT2D eigenvalue weighted by atomic mass is 19.1. The number of nitrogens with one attached hydrogen (secondary N) is 1. The second kappa shape index (κ2) is 8.14. The lowest BCUT2D eigenvalue weighted by Crippen LogP contribution is -2.26. The summed E-state index contributed by atoms with van der Waals surface area (Å²) < 4.78 is 18.7. The fraction of sp³-hybridized carbons (Fsp3) is 0.130. The molecular formula is C23H20FN3O2. The lowest BCUT2D eigenvalue weighted by atomic mass is 9.98. The topological polar surface area (TPSA) is 77.2 Å². The van der Waals surface area contributed by atoms with Crippen LogP contribution in [0.5, 0.6) is 0 Å². The van der Waals surface area contributed by atoms with Crippen molar-refractivity contribution in [2.24, 2.45) is 0 Å². The largest absolute Gasteiger partial charge is 0.449 e. The monoisotopic (exact) mass is 389 g/mol. The number of carbonyl (C=O) groups is 1. The van der Waals surface area contributed by atoms with Gasteiger partial charge in [0.1, 0.15) is 18.2 Å². The minimum atomic E-state index is -0.512. The van der Waals surface area contributed by atoms with E-state index in [1.165, 1.54) is 17.2 Å². The molecule has 0 saturated carbocycles. The van der Waals surface area contributed by atoms with Crippen LogP contribution in [0.3, 0.4) is 0 Å². The predicted molar refractivity (Wildman–Crippen MR) is 111 cm³/mol. The Balaban J connectivity index is 1.34. The Morgan fingerprint density at radius 2 is 1.79 bits per heavy atom. The molecule has 4 rings (SSSR count). The Bertz CT molecular complexity index is 1040. The van der Waals surface area contributed by atoms with Crippen molar-refractivity contribution in [1.82, 2.24) is 10.3 Å². The van der Waals surface area contributed by atoms with Crippen molar-refractivity contribution in [3.05, 3.63) is 89.4 Å². The highest BCUT2D eigenvalue weighted by Gasteiger charge is 2.28. The highest BCUT2D eigenvalue weighted by Crippen LogP contribution is 2.44. The summed E-state index contributed by atoms with van der Waals surface area (Å²) in [4.78, 5) is 15.8. The number of carbonyl (C=O) groups excluding carboxylic acids is 1. The number of benzene rings is 2. The summed E-state index contributed by atoms with van der Waals surface area (Å²) >= 11 is 0. The minimum Gasteiger partial charge on any atom is -0.449 e. The first-order valence-corrected chi connectivity index (χ1v) is 9.30. The van der Waals surface area contributed by atoms with E-state index in [0.29, 0.717) is 5.56 Å². The van der Waals surface area contributed by atoms with Gasteiger partial charge < -0.3 is 15.8 Å². The second-order valence-electron chi connectivity index (χ2n) is 6.74. The third-order valence-electron chi connectivity index (χ3n) is 4.92. The lowest BCUT2D eigenvalue weighted by molar-refractivity contribution is 0.144. The number of ether oxygens (including phenoxy) is 1. The van der Waals surface area contributed by atoms with Gasteiger partial charge in [0.25, 0.3) is 0 Å². The van der Waals surface area contributed by atoms with E-state index >= 15 is 0 Å². The van der Waals surface area contributed by atoms with Crippen LogP contribution in [0.1, 0.15) is 22.6 Å². The molecule has 1 aliphatic rings. The molecule has 1 heterocycles. The van der Waals surface area contributed by atoms with E-state index in [-0.39, 0.29) is 24.9 Å². The summed E-state index contributed by atoms with van der Waals surface area (Å²) in [5.74, 6) is -0.228. The number of pyridine rings is 1. The molecule has 0 aliphatic heterocycles. The summed E-state index contributed by atoms with van der Waals surface area (Å²) in [6, 6.07) is 17.6. The van der Waals surface area contributed by atoms with Gasteiger partial charge in [-0.05, 0) is 28.3 Å². The van der Waals surface area contributed by atoms with Gasteiger partial charge in [-0.2, -0.15) is 0 Å². The Morgan fingerprint density at radius 3 is 2.48 bits per heavy atom. The van der Waals surface area contributed by atoms with E-state index in [0.717, 1.165) is 17.3 Å². The molecule has 0 radical (unpaired) electrons. The molecule has 0 fully saturated rings. The van der Waals surface area contributed by atoms with Crippen LogP contribution in [0, 0.1) is 5.82 Å². The lowest BCUT2D eigenvalue weighted by Gasteiger charge is -2.14. The summed E-state index contributed by atoms with van der Waals surface area (Å²) in [5.41, 5.74) is 10.8. The van der Waals surface area contributed by atoms with Crippen molar-refractivity contribution in [2.45, 2.75) is 5.92 Å². The van der Waals surface area contributed by atoms with Gasteiger partial charge in [0.15, 0.2) is 0 Å². The first kappa shape index (κ1) is 18.7. The molecule has 0 bridgehead atoms. The van der Waals surface area contributed by atoms with Crippen molar-refractivity contribution in [3.8, 4) is 11.1 Å². The number of hydrogen-bond donors (Lipinski definition) is 2. The van der Waals surface area contributed by atoms with Crippen LogP contribution in [0.4, 0.5) is 15.0 Å². The molecule has 1 aromatic heterocycles. The zero-order valence-electron chi connectivity index (χ0n) is 15.6. The number of nitrogens with zero attached hydrogens (tertiary/aromatic N) is 1. The van der Waals surface area contributed by atoms with Gasteiger partial charge in [-0.1, -0.05) is 60.7 Å². The molecule has 3 aromatic rings. The minimum absolute atomic E-state index is 0.0156. The fourth-order valence-corrected chi connectivity index (χ4v) is 3.58. The standard InChI is InChI=1S/C23H20FN3O2/c24-16-12-15(22(25)27-13-16)6-5-11-26-23(28)29-14-21-19-9-3-1-7-17(19)18-8-2-4-10-20(18)21/h1-10,12-13,21H,11,14H2,(H2,25,27)(H,26,28). The SMILES string of the molecule is Nc1ncc(F)cc1C=CCNC(=O)OCC1c2ccccc2-c2ccccc21. The number of amides is 1. The van der Waals surface area contributed by atoms with E-state index in [9.17, 15) is 9.18 Å². The number of nitrogens with two attached hydrogens (primary N) is 1. The van der Waals surface area contributed by atoms with E-state index < -0.39 is 11.9 Å². The van der Waals surface area contributed by atoms with Crippen molar-refractivity contribution in [3.63, 3.8) is 0 Å². The molecule has 0 spiro atoms. The fourth-order valence-electron chi connectivity index (χ4n) is 3.58. The number of anilines is 1. The third kappa shape index (κ3) is 3.96. The first-order chi connectivity index (χ1) is 14.1. The Kier molecular flexibility index (Phi) is 5.24.